The van der Waals surface area contributed by atoms with Crippen molar-refractivity contribution in [2.45, 2.75) is 4.90 Å². The molecule has 1 saturated heterocycles. The summed E-state index contributed by atoms with van der Waals surface area (Å²) in [5.41, 5.74) is 0. The normalized spacial score (nSPS) is 17.2. The lowest BCUT2D eigenvalue weighted by molar-refractivity contribution is -0.137. The van der Waals surface area contributed by atoms with Crippen molar-refractivity contribution in [3.05, 3.63) is 18.2 Å². The maximum atomic E-state index is 12.9. The van der Waals surface area contributed by atoms with E-state index < -0.39 is 10.0 Å². The van der Waals surface area contributed by atoms with Crippen molar-refractivity contribution in [1.82, 2.24) is 9.21 Å². The van der Waals surface area contributed by atoms with Crippen LogP contribution in [0.4, 0.5) is 0 Å². The van der Waals surface area contributed by atoms with E-state index in [1.54, 1.807) is 11.0 Å². The molecule has 9 nitrogen and oxygen atoms in total. The summed E-state index contributed by atoms with van der Waals surface area (Å²) in [5, 5.41) is 0. The zero-order valence-corrected chi connectivity index (χ0v) is 17.1. The van der Waals surface area contributed by atoms with Crippen LogP contribution in [-0.4, -0.2) is 87.5 Å². The monoisotopic (exact) mass is 430 g/mol. The Morgan fingerprint density at radius 1 is 1.07 bits per heavy atom. The Morgan fingerprint density at radius 2 is 1.75 bits per heavy atom. The van der Waals surface area contributed by atoms with Gasteiger partial charge in [-0.1, -0.05) is 0 Å². The zero-order valence-electron chi connectivity index (χ0n) is 15.5. The fraction of sp³-hybridized carbons (Fsp3) is 0.529. The van der Waals surface area contributed by atoms with Gasteiger partial charge in [-0.05, 0) is 12.1 Å². The lowest BCUT2D eigenvalue weighted by Crippen LogP contribution is -2.51. The highest BCUT2D eigenvalue weighted by molar-refractivity contribution is 8.00. The average Bonchev–Trinajstić information content (AvgIpc) is 2.73. The van der Waals surface area contributed by atoms with Crippen LogP contribution in [0.5, 0.6) is 11.5 Å². The van der Waals surface area contributed by atoms with E-state index in [0.29, 0.717) is 37.8 Å². The van der Waals surface area contributed by atoms with Gasteiger partial charge in [-0.3, -0.25) is 9.59 Å². The highest BCUT2D eigenvalue weighted by atomic mass is 32.2. The van der Waals surface area contributed by atoms with Gasteiger partial charge >= 0.3 is 5.97 Å². The van der Waals surface area contributed by atoms with Gasteiger partial charge < -0.3 is 19.1 Å². The molecule has 2 aliphatic rings. The fourth-order valence-corrected chi connectivity index (χ4v) is 5.06. The van der Waals surface area contributed by atoms with Gasteiger partial charge in [-0.15, -0.1) is 11.8 Å². The van der Waals surface area contributed by atoms with E-state index in [4.69, 9.17) is 9.47 Å². The van der Waals surface area contributed by atoms with Gasteiger partial charge in [0.1, 0.15) is 13.2 Å². The summed E-state index contributed by atoms with van der Waals surface area (Å²) in [7, 11) is -2.39. The maximum absolute atomic E-state index is 12.9. The maximum Gasteiger partial charge on any atom is 0.315 e. The van der Waals surface area contributed by atoms with Crippen molar-refractivity contribution in [1.29, 1.82) is 0 Å². The second-order valence-corrected chi connectivity index (χ2v) is 9.08. The van der Waals surface area contributed by atoms with Crippen LogP contribution in [0.3, 0.4) is 0 Å². The van der Waals surface area contributed by atoms with Gasteiger partial charge in [-0.25, -0.2) is 8.42 Å². The molecule has 1 amide bonds. The average molecular weight is 431 g/mol. The molecule has 11 heteroatoms. The van der Waals surface area contributed by atoms with Crippen LogP contribution in [0.2, 0.25) is 0 Å². The topological polar surface area (TPSA) is 102 Å². The first kappa shape index (κ1) is 20.7. The summed E-state index contributed by atoms with van der Waals surface area (Å²) in [4.78, 5) is 25.1. The van der Waals surface area contributed by atoms with E-state index in [-0.39, 0.29) is 41.4 Å². The second kappa shape index (κ2) is 9.01. The number of ether oxygens (including phenoxy) is 3. The summed E-state index contributed by atoms with van der Waals surface area (Å²) in [6.07, 6.45) is 0. The molecule has 0 unspecified atom stereocenters. The fourth-order valence-electron chi connectivity index (χ4n) is 2.88. The first-order valence-corrected chi connectivity index (χ1v) is 11.3. The molecule has 0 spiro atoms. The third-order valence-electron chi connectivity index (χ3n) is 4.42. The number of hydrogen-bond donors (Lipinski definition) is 0. The lowest BCUT2D eigenvalue weighted by atomic mass is 10.3. The highest BCUT2D eigenvalue weighted by Crippen LogP contribution is 2.33. The minimum Gasteiger partial charge on any atom is -0.486 e. The molecule has 0 aromatic heterocycles. The molecule has 0 atom stereocenters. The molecule has 154 valence electrons. The number of thioether (sulfide) groups is 1. The number of piperazine rings is 1. The number of rotatable bonds is 6. The number of nitrogens with zero attached hydrogens (tertiary/aromatic N) is 2. The minimum absolute atomic E-state index is 0.112. The van der Waals surface area contributed by atoms with Crippen molar-refractivity contribution >= 4 is 33.7 Å². The second-order valence-electron chi connectivity index (χ2n) is 6.16. The summed E-state index contributed by atoms with van der Waals surface area (Å²) >= 11 is 1.18. The molecule has 1 aromatic carbocycles. The molecular weight excluding hydrogens is 408 g/mol. The van der Waals surface area contributed by atoms with E-state index >= 15 is 0 Å². The number of esters is 1. The summed E-state index contributed by atoms with van der Waals surface area (Å²) < 4.78 is 42.6. The first-order chi connectivity index (χ1) is 13.4. The Kier molecular flexibility index (Phi) is 6.68. The number of methoxy groups -OCH3 is 1. The molecule has 0 bridgehead atoms. The van der Waals surface area contributed by atoms with Crippen LogP contribution in [-0.2, 0) is 24.3 Å². The van der Waals surface area contributed by atoms with Crippen LogP contribution >= 0.6 is 11.8 Å². The Morgan fingerprint density at radius 3 is 2.43 bits per heavy atom. The van der Waals surface area contributed by atoms with Crippen molar-refractivity contribution in [2.24, 2.45) is 0 Å². The summed E-state index contributed by atoms with van der Waals surface area (Å²) in [6.45, 7) is 1.86. The van der Waals surface area contributed by atoms with Crippen molar-refractivity contribution in [2.75, 3.05) is 58.0 Å². The lowest BCUT2D eigenvalue weighted by Gasteiger charge is -2.34. The Labute approximate surface area is 168 Å². The molecule has 0 radical (unpaired) electrons. The Balaban J connectivity index is 1.56. The third kappa shape index (κ3) is 4.70. The van der Waals surface area contributed by atoms with Crippen LogP contribution < -0.4 is 9.47 Å². The SMILES string of the molecule is COC(=O)CSCC(=O)N1CCN(S(=O)(=O)c2ccc3c(c2)OCCO3)CC1. The molecule has 0 saturated carbocycles. The van der Waals surface area contributed by atoms with Crippen LogP contribution in [0.1, 0.15) is 0 Å². The van der Waals surface area contributed by atoms with E-state index in [2.05, 4.69) is 4.74 Å². The van der Waals surface area contributed by atoms with Gasteiger partial charge in [0, 0.05) is 32.2 Å². The van der Waals surface area contributed by atoms with Crippen molar-refractivity contribution in [3.63, 3.8) is 0 Å². The van der Waals surface area contributed by atoms with Gasteiger partial charge in [-0.2, -0.15) is 4.31 Å². The van der Waals surface area contributed by atoms with Crippen LogP contribution in [0, 0.1) is 0 Å². The van der Waals surface area contributed by atoms with Crippen LogP contribution in [0.15, 0.2) is 23.1 Å². The number of benzene rings is 1. The standard InChI is InChI=1S/C17H22N2O7S2/c1-24-17(21)12-27-11-16(20)18-4-6-19(7-5-18)28(22,23)13-2-3-14-15(10-13)26-9-8-25-14/h2-3,10H,4-9,11-12H2,1H3. The van der Waals surface area contributed by atoms with Gasteiger partial charge in [0.15, 0.2) is 11.5 Å². The number of amides is 1. The third-order valence-corrected chi connectivity index (χ3v) is 7.20. The molecule has 0 aliphatic carbocycles. The Hall–Kier alpha value is -1.98. The predicted molar refractivity (Wildman–Crippen MR) is 102 cm³/mol. The van der Waals surface area contributed by atoms with E-state index in [1.807, 2.05) is 0 Å². The summed E-state index contributed by atoms with van der Waals surface area (Å²) in [6, 6.07) is 4.58. The Bertz CT molecular complexity index is 836. The predicted octanol–water partition coefficient (Wildman–Crippen LogP) is 0.197. The van der Waals surface area contributed by atoms with Gasteiger partial charge in [0.2, 0.25) is 15.9 Å². The minimum atomic E-state index is -3.68. The molecule has 3 rings (SSSR count). The largest absolute Gasteiger partial charge is 0.486 e. The van der Waals surface area contributed by atoms with Crippen molar-refractivity contribution < 1.29 is 32.2 Å². The molecule has 2 aliphatic heterocycles. The number of sulfonamides is 1. The van der Waals surface area contributed by atoms with Gasteiger partial charge in [0.25, 0.3) is 0 Å². The van der Waals surface area contributed by atoms with E-state index in [1.165, 1.54) is 35.3 Å². The smallest absolute Gasteiger partial charge is 0.315 e. The quantitative estimate of drug-likeness (QED) is 0.590. The summed E-state index contributed by atoms with van der Waals surface area (Å²) in [5.74, 6) is 0.720. The van der Waals surface area contributed by atoms with Crippen LogP contribution in [0.25, 0.3) is 0 Å². The molecular formula is C17H22N2O7S2. The number of fused-ring (bicyclic) bond motifs is 1. The number of carbonyl (C=O) groups excluding carboxylic acids is 2. The zero-order chi connectivity index (χ0) is 20.1. The van der Waals surface area contributed by atoms with E-state index in [0.717, 1.165) is 0 Å². The highest BCUT2D eigenvalue weighted by Gasteiger charge is 2.31. The molecule has 2 heterocycles. The molecule has 1 aromatic rings. The molecule has 1 fully saturated rings. The number of carbonyl (C=O) groups is 2. The van der Waals surface area contributed by atoms with E-state index in [9.17, 15) is 18.0 Å². The van der Waals surface area contributed by atoms with Gasteiger partial charge in [0.05, 0.1) is 23.5 Å². The van der Waals surface area contributed by atoms with Crippen molar-refractivity contribution in [3.8, 4) is 11.5 Å². The first-order valence-electron chi connectivity index (χ1n) is 8.74. The molecule has 28 heavy (non-hydrogen) atoms. The molecule has 0 N–H and O–H groups in total. The number of hydrogen-bond acceptors (Lipinski definition) is 8.